The summed E-state index contributed by atoms with van der Waals surface area (Å²) in [5, 5.41) is 2.51. The highest BCUT2D eigenvalue weighted by Gasteiger charge is 2.30. The third kappa shape index (κ3) is 2.95. The van der Waals surface area contributed by atoms with E-state index in [4.69, 9.17) is 4.98 Å². The van der Waals surface area contributed by atoms with Crippen LogP contribution >= 0.6 is 0 Å². The zero-order valence-electron chi connectivity index (χ0n) is 15.0. The number of benzene rings is 2. The van der Waals surface area contributed by atoms with Crippen molar-refractivity contribution in [3.8, 4) is 11.3 Å². The van der Waals surface area contributed by atoms with Crippen molar-refractivity contribution in [2.45, 2.75) is 25.3 Å². The Labute approximate surface area is 154 Å². The van der Waals surface area contributed by atoms with E-state index in [1.165, 1.54) is 43.1 Å². The van der Waals surface area contributed by atoms with Gasteiger partial charge in [-0.25, -0.2) is 9.97 Å². The van der Waals surface area contributed by atoms with Gasteiger partial charge in [0.15, 0.2) is 0 Å². The maximum absolute atomic E-state index is 4.89. The molecule has 2 aromatic carbocycles. The molecule has 2 fully saturated rings. The molecule has 3 aromatic rings. The van der Waals surface area contributed by atoms with Gasteiger partial charge in [0.1, 0.15) is 0 Å². The number of anilines is 1. The lowest BCUT2D eigenvalue weighted by Crippen LogP contribution is -2.35. The molecule has 0 unspecified atom stereocenters. The van der Waals surface area contributed by atoms with Gasteiger partial charge in [-0.3, -0.25) is 4.90 Å². The predicted octanol–water partition coefficient (Wildman–Crippen LogP) is 3.97. The van der Waals surface area contributed by atoms with Crippen LogP contribution in [0.25, 0.3) is 22.0 Å². The first kappa shape index (κ1) is 15.8. The van der Waals surface area contributed by atoms with Crippen LogP contribution < -0.4 is 4.90 Å². The number of hydrogen-bond acceptors (Lipinski definition) is 4. The lowest BCUT2D eigenvalue weighted by atomic mass is 10.1. The van der Waals surface area contributed by atoms with Gasteiger partial charge in [-0.1, -0.05) is 36.4 Å². The van der Waals surface area contributed by atoms with Crippen molar-refractivity contribution in [3.05, 3.63) is 54.7 Å². The average molecular weight is 344 g/mol. The highest BCUT2D eigenvalue weighted by molar-refractivity contribution is 5.86. The maximum atomic E-state index is 4.89. The van der Waals surface area contributed by atoms with E-state index >= 15 is 0 Å². The third-order valence-electron chi connectivity index (χ3n) is 5.79. The molecule has 2 aliphatic heterocycles. The molecule has 0 radical (unpaired) electrons. The van der Waals surface area contributed by atoms with Gasteiger partial charge in [0.2, 0.25) is 5.95 Å². The molecule has 3 heterocycles. The van der Waals surface area contributed by atoms with Gasteiger partial charge in [0, 0.05) is 30.9 Å². The Kier molecular flexibility index (Phi) is 4.06. The van der Waals surface area contributed by atoms with Crippen molar-refractivity contribution in [3.63, 3.8) is 0 Å². The number of nitrogens with zero attached hydrogens (tertiary/aromatic N) is 4. The first-order valence-electron chi connectivity index (χ1n) is 9.68. The summed E-state index contributed by atoms with van der Waals surface area (Å²) in [5.41, 5.74) is 2.16. The van der Waals surface area contributed by atoms with Crippen LogP contribution in [0.2, 0.25) is 0 Å². The minimum Gasteiger partial charge on any atom is -0.339 e. The number of likely N-dealkylation sites (tertiary alicyclic amines) is 1. The van der Waals surface area contributed by atoms with Gasteiger partial charge in [0.05, 0.1) is 5.69 Å². The van der Waals surface area contributed by atoms with Crippen molar-refractivity contribution in [2.75, 3.05) is 31.1 Å². The van der Waals surface area contributed by atoms with Crippen molar-refractivity contribution >= 4 is 16.7 Å². The first-order valence-corrected chi connectivity index (χ1v) is 9.68. The summed E-state index contributed by atoms with van der Waals surface area (Å²) in [6, 6.07) is 17.7. The average Bonchev–Trinajstić information content (AvgIpc) is 3.39. The van der Waals surface area contributed by atoms with E-state index in [1.807, 2.05) is 12.3 Å². The molecule has 0 bridgehead atoms. The minimum absolute atomic E-state index is 0.672. The van der Waals surface area contributed by atoms with Crippen molar-refractivity contribution in [2.24, 2.45) is 0 Å². The van der Waals surface area contributed by atoms with Crippen LogP contribution in [0, 0.1) is 0 Å². The highest BCUT2D eigenvalue weighted by Crippen LogP contribution is 2.26. The molecule has 4 heteroatoms. The summed E-state index contributed by atoms with van der Waals surface area (Å²) in [5.74, 6) is 0.873. The third-order valence-corrected chi connectivity index (χ3v) is 5.79. The topological polar surface area (TPSA) is 32.3 Å². The normalized spacial score (nSPS) is 20.9. The van der Waals surface area contributed by atoms with Gasteiger partial charge < -0.3 is 4.90 Å². The summed E-state index contributed by atoms with van der Waals surface area (Å²) in [6.07, 6.45) is 5.83. The molecule has 132 valence electrons. The minimum atomic E-state index is 0.672. The Balaban J connectivity index is 1.40. The largest absolute Gasteiger partial charge is 0.339 e. The standard InChI is InChI=1S/C22H24N4/c1-2-6-18-15-19(8-7-17(18)5-1)21-9-11-23-22(24-21)26-14-10-20(16-26)25-12-3-4-13-25/h1-2,5-9,11,15,20H,3-4,10,12-14,16H2/t20-/m1/s1. The number of hydrogen-bond donors (Lipinski definition) is 0. The molecule has 1 atom stereocenters. The second kappa shape index (κ2) is 6.69. The van der Waals surface area contributed by atoms with Gasteiger partial charge in [-0.05, 0) is 55.3 Å². The van der Waals surface area contributed by atoms with Gasteiger partial charge in [-0.15, -0.1) is 0 Å². The van der Waals surface area contributed by atoms with E-state index < -0.39 is 0 Å². The van der Waals surface area contributed by atoms with Crippen LogP contribution in [0.3, 0.4) is 0 Å². The Morgan fingerprint density at radius 3 is 2.62 bits per heavy atom. The van der Waals surface area contributed by atoms with Crippen LogP contribution in [0.4, 0.5) is 5.95 Å². The molecule has 5 rings (SSSR count). The number of rotatable bonds is 3. The monoisotopic (exact) mass is 344 g/mol. The number of aromatic nitrogens is 2. The Morgan fingerprint density at radius 2 is 1.73 bits per heavy atom. The van der Waals surface area contributed by atoms with E-state index in [0.29, 0.717) is 6.04 Å². The zero-order valence-corrected chi connectivity index (χ0v) is 15.0. The molecule has 2 saturated heterocycles. The van der Waals surface area contributed by atoms with Crippen molar-refractivity contribution in [1.29, 1.82) is 0 Å². The molecule has 0 amide bonds. The summed E-state index contributed by atoms with van der Waals surface area (Å²) in [4.78, 5) is 14.5. The highest BCUT2D eigenvalue weighted by atomic mass is 15.3. The molecular formula is C22H24N4. The van der Waals surface area contributed by atoms with E-state index in [1.54, 1.807) is 0 Å². The van der Waals surface area contributed by atoms with Gasteiger partial charge in [0.25, 0.3) is 0 Å². The molecule has 0 aliphatic carbocycles. The van der Waals surface area contributed by atoms with E-state index in [0.717, 1.165) is 30.3 Å². The summed E-state index contributed by atoms with van der Waals surface area (Å²) >= 11 is 0. The molecule has 26 heavy (non-hydrogen) atoms. The van der Waals surface area contributed by atoms with Gasteiger partial charge >= 0.3 is 0 Å². The van der Waals surface area contributed by atoms with E-state index in [-0.39, 0.29) is 0 Å². The molecule has 0 N–H and O–H groups in total. The fourth-order valence-electron chi connectivity index (χ4n) is 4.34. The Hall–Kier alpha value is -2.46. The lowest BCUT2D eigenvalue weighted by molar-refractivity contribution is 0.260. The maximum Gasteiger partial charge on any atom is 0.225 e. The van der Waals surface area contributed by atoms with Crippen LogP contribution in [0.1, 0.15) is 19.3 Å². The van der Waals surface area contributed by atoms with Gasteiger partial charge in [-0.2, -0.15) is 0 Å². The smallest absolute Gasteiger partial charge is 0.225 e. The molecule has 0 spiro atoms. The summed E-state index contributed by atoms with van der Waals surface area (Å²) in [6.45, 7) is 4.64. The molecular weight excluding hydrogens is 320 g/mol. The van der Waals surface area contributed by atoms with Crippen LogP contribution in [-0.2, 0) is 0 Å². The summed E-state index contributed by atoms with van der Waals surface area (Å²) in [7, 11) is 0. The fraction of sp³-hybridized carbons (Fsp3) is 0.364. The molecule has 1 aromatic heterocycles. The number of fused-ring (bicyclic) bond motifs is 1. The van der Waals surface area contributed by atoms with Crippen molar-refractivity contribution in [1.82, 2.24) is 14.9 Å². The Morgan fingerprint density at radius 1 is 0.885 bits per heavy atom. The SMILES string of the molecule is c1ccc2cc(-c3ccnc(N4CC[C@@H](N5CCCC5)C4)n3)ccc2c1. The molecule has 0 saturated carbocycles. The van der Waals surface area contributed by atoms with E-state index in [9.17, 15) is 0 Å². The molecule has 2 aliphatic rings. The quantitative estimate of drug-likeness (QED) is 0.720. The zero-order chi connectivity index (χ0) is 17.3. The lowest BCUT2D eigenvalue weighted by Gasteiger charge is -2.23. The van der Waals surface area contributed by atoms with Crippen molar-refractivity contribution < 1.29 is 0 Å². The first-order chi connectivity index (χ1) is 12.9. The Bertz CT molecular complexity index is 917. The predicted molar refractivity (Wildman–Crippen MR) is 106 cm³/mol. The second-order valence-corrected chi connectivity index (χ2v) is 7.44. The van der Waals surface area contributed by atoms with Crippen LogP contribution in [0.5, 0.6) is 0 Å². The van der Waals surface area contributed by atoms with Crippen LogP contribution in [0.15, 0.2) is 54.7 Å². The fourth-order valence-corrected chi connectivity index (χ4v) is 4.34. The van der Waals surface area contributed by atoms with Crippen LogP contribution in [-0.4, -0.2) is 47.1 Å². The molecule has 4 nitrogen and oxygen atoms in total. The van der Waals surface area contributed by atoms with E-state index in [2.05, 4.69) is 57.2 Å². The summed E-state index contributed by atoms with van der Waals surface area (Å²) < 4.78 is 0. The second-order valence-electron chi connectivity index (χ2n) is 7.44.